The van der Waals surface area contributed by atoms with Crippen molar-refractivity contribution >= 4 is 10.0 Å². The number of benzene rings is 2. The van der Waals surface area contributed by atoms with Gasteiger partial charge in [-0.1, -0.05) is 36.4 Å². The Bertz CT molecular complexity index is 507. The van der Waals surface area contributed by atoms with Crippen LogP contribution in [0.4, 0.5) is 0 Å². The second-order valence-electron chi connectivity index (χ2n) is 6.00. The standard InChI is InChI=1S/C19H25NS/c1-21(18-10-4-2-5-11-18,19-12-6-3-7-13-19)16-14-17-9-8-15-20-17/h2-7,10-13,17,20H,8-9,14-16H2,1H3/t17-/m0/s1. The van der Waals surface area contributed by atoms with Gasteiger partial charge in [-0.3, -0.25) is 0 Å². The van der Waals surface area contributed by atoms with Crippen molar-refractivity contribution in [2.75, 3.05) is 18.6 Å². The van der Waals surface area contributed by atoms with Gasteiger partial charge in [-0.05, 0) is 71.9 Å². The molecule has 0 unspecified atom stereocenters. The summed E-state index contributed by atoms with van der Waals surface area (Å²) in [5.41, 5.74) is 0. The highest BCUT2D eigenvalue weighted by molar-refractivity contribution is 8.33. The summed E-state index contributed by atoms with van der Waals surface area (Å²) in [6.07, 6.45) is 6.45. The fraction of sp³-hybridized carbons (Fsp3) is 0.368. The van der Waals surface area contributed by atoms with E-state index in [1.807, 2.05) is 0 Å². The van der Waals surface area contributed by atoms with Gasteiger partial charge in [-0.2, -0.15) is 10.0 Å². The molecule has 2 aromatic rings. The Kier molecular flexibility index (Phi) is 4.67. The van der Waals surface area contributed by atoms with Gasteiger partial charge in [0.2, 0.25) is 0 Å². The van der Waals surface area contributed by atoms with E-state index in [1.165, 1.54) is 41.4 Å². The van der Waals surface area contributed by atoms with E-state index in [9.17, 15) is 0 Å². The maximum atomic E-state index is 3.65. The summed E-state index contributed by atoms with van der Waals surface area (Å²) in [6, 6.07) is 22.9. The molecule has 1 atom stereocenters. The van der Waals surface area contributed by atoms with Gasteiger partial charge in [0.1, 0.15) is 0 Å². The fourth-order valence-corrected chi connectivity index (χ4v) is 6.21. The Labute approximate surface area is 130 Å². The molecular weight excluding hydrogens is 274 g/mol. The molecule has 3 rings (SSSR count). The highest BCUT2D eigenvalue weighted by Gasteiger charge is 2.25. The average molecular weight is 299 g/mol. The Hall–Kier alpha value is -1.25. The first-order valence-corrected chi connectivity index (χ1v) is 10.1. The Morgan fingerprint density at radius 2 is 1.52 bits per heavy atom. The lowest BCUT2D eigenvalue weighted by Crippen LogP contribution is -2.23. The van der Waals surface area contributed by atoms with E-state index in [4.69, 9.17) is 0 Å². The zero-order chi connectivity index (χ0) is 14.5. The molecule has 0 bridgehead atoms. The molecule has 0 amide bonds. The molecule has 1 nitrogen and oxygen atoms in total. The molecule has 0 spiro atoms. The summed E-state index contributed by atoms with van der Waals surface area (Å²) in [4.78, 5) is 3.02. The molecular formula is C19H25NS. The zero-order valence-electron chi connectivity index (χ0n) is 12.8. The minimum absolute atomic E-state index is 0.726. The summed E-state index contributed by atoms with van der Waals surface area (Å²) in [6.45, 7) is 1.20. The maximum Gasteiger partial charge on any atom is 0.00750 e. The summed E-state index contributed by atoms with van der Waals surface area (Å²) >= 11 is 0. The molecule has 21 heavy (non-hydrogen) atoms. The second-order valence-corrected chi connectivity index (χ2v) is 9.53. The van der Waals surface area contributed by atoms with Gasteiger partial charge in [0.25, 0.3) is 0 Å². The monoisotopic (exact) mass is 299 g/mol. The van der Waals surface area contributed by atoms with Crippen molar-refractivity contribution in [1.82, 2.24) is 5.32 Å². The molecule has 0 aromatic heterocycles. The topological polar surface area (TPSA) is 12.0 Å². The number of hydrogen-bond donors (Lipinski definition) is 1. The third-order valence-corrected chi connectivity index (χ3v) is 8.24. The van der Waals surface area contributed by atoms with E-state index in [-0.39, 0.29) is 0 Å². The van der Waals surface area contributed by atoms with E-state index < -0.39 is 10.0 Å². The fourth-order valence-electron chi connectivity index (χ4n) is 3.19. The van der Waals surface area contributed by atoms with Crippen LogP contribution in [0.15, 0.2) is 70.5 Å². The summed E-state index contributed by atoms with van der Waals surface area (Å²) in [5, 5.41) is 3.65. The Morgan fingerprint density at radius 1 is 0.952 bits per heavy atom. The van der Waals surface area contributed by atoms with Gasteiger partial charge in [0.05, 0.1) is 0 Å². The zero-order valence-corrected chi connectivity index (χ0v) is 13.6. The third kappa shape index (κ3) is 3.33. The van der Waals surface area contributed by atoms with Crippen molar-refractivity contribution in [3.63, 3.8) is 0 Å². The van der Waals surface area contributed by atoms with Gasteiger partial charge in [-0.25, -0.2) is 0 Å². The molecule has 1 heterocycles. The predicted molar refractivity (Wildman–Crippen MR) is 93.4 cm³/mol. The summed E-state index contributed by atoms with van der Waals surface area (Å²) < 4.78 is 0. The van der Waals surface area contributed by atoms with Crippen molar-refractivity contribution in [2.45, 2.75) is 35.1 Å². The van der Waals surface area contributed by atoms with E-state index in [0.29, 0.717) is 0 Å². The molecule has 1 aliphatic heterocycles. The number of rotatable bonds is 5. The van der Waals surface area contributed by atoms with E-state index in [2.05, 4.69) is 72.2 Å². The first-order chi connectivity index (χ1) is 10.3. The highest BCUT2D eigenvalue weighted by atomic mass is 32.3. The third-order valence-electron chi connectivity index (χ3n) is 4.56. The molecule has 0 saturated carbocycles. The van der Waals surface area contributed by atoms with Crippen molar-refractivity contribution in [2.24, 2.45) is 0 Å². The van der Waals surface area contributed by atoms with Gasteiger partial charge >= 0.3 is 0 Å². The number of nitrogens with one attached hydrogen (secondary N) is 1. The van der Waals surface area contributed by atoms with Crippen LogP contribution in [0.1, 0.15) is 19.3 Å². The smallest absolute Gasteiger partial charge is 0.00750 e. The first-order valence-electron chi connectivity index (χ1n) is 7.89. The van der Waals surface area contributed by atoms with E-state index in [0.717, 1.165) is 6.04 Å². The molecule has 1 fully saturated rings. The second kappa shape index (κ2) is 6.67. The van der Waals surface area contributed by atoms with Crippen LogP contribution in [0.25, 0.3) is 0 Å². The van der Waals surface area contributed by atoms with Crippen molar-refractivity contribution < 1.29 is 0 Å². The van der Waals surface area contributed by atoms with Crippen LogP contribution in [0.5, 0.6) is 0 Å². The summed E-state index contributed by atoms with van der Waals surface area (Å²) in [7, 11) is -0.924. The van der Waals surface area contributed by atoms with Crippen LogP contribution < -0.4 is 5.32 Å². The molecule has 0 aliphatic carbocycles. The van der Waals surface area contributed by atoms with Gasteiger partial charge in [-0.15, -0.1) is 0 Å². The molecule has 1 aliphatic rings. The SMILES string of the molecule is CS(CC[C@@H]1CCCN1)(c1ccccc1)c1ccccc1. The minimum atomic E-state index is -0.924. The predicted octanol–water partition coefficient (Wildman–Crippen LogP) is 4.68. The van der Waals surface area contributed by atoms with Crippen LogP contribution in [0.3, 0.4) is 0 Å². The van der Waals surface area contributed by atoms with Crippen LogP contribution in [0, 0.1) is 0 Å². The molecule has 2 aromatic carbocycles. The molecule has 112 valence electrons. The Balaban J connectivity index is 1.87. The van der Waals surface area contributed by atoms with Crippen LogP contribution in [-0.2, 0) is 0 Å². The minimum Gasteiger partial charge on any atom is -0.314 e. The molecule has 1 saturated heterocycles. The molecule has 1 N–H and O–H groups in total. The normalized spacial score (nSPS) is 19.6. The number of hydrogen-bond acceptors (Lipinski definition) is 1. The van der Waals surface area contributed by atoms with Gasteiger partial charge in [0, 0.05) is 6.04 Å². The first kappa shape index (κ1) is 14.7. The molecule has 2 heteroatoms. The van der Waals surface area contributed by atoms with Crippen molar-refractivity contribution in [3.05, 3.63) is 60.7 Å². The van der Waals surface area contributed by atoms with Crippen molar-refractivity contribution in [3.8, 4) is 0 Å². The quantitative estimate of drug-likeness (QED) is 0.845. The summed E-state index contributed by atoms with van der Waals surface area (Å²) in [5.74, 6) is 1.28. The van der Waals surface area contributed by atoms with Crippen LogP contribution >= 0.6 is 10.0 Å². The van der Waals surface area contributed by atoms with Gasteiger partial charge in [0.15, 0.2) is 0 Å². The van der Waals surface area contributed by atoms with Crippen LogP contribution in [0.2, 0.25) is 0 Å². The lowest BCUT2D eigenvalue weighted by Gasteiger charge is -2.38. The maximum absolute atomic E-state index is 3.65. The van der Waals surface area contributed by atoms with E-state index in [1.54, 1.807) is 0 Å². The van der Waals surface area contributed by atoms with E-state index >= 15 is 0 Å². The van der Waals surface area contributed by atoms with Crippen LogP contribution in [-0.4, -0.2) is 24.6 Å². The lowest BCUT2D eigenvalue weighted by molar-refractivity contribution is 0.590. The van der Waals surface area contributed by atoms with Gasteiger partial charge < -0.3 is 5.32 Å². The average Bonchev–Trinajstić information content (AvgIpc) is 3.08. The largest absolute Gasteiger partial charge is 0.314 e. The van der Waals surface area contributed by atoms with Crippen molar-refractivity contribution in [1.29, 1.82) is 0 Å². The lowest BCUT2D eigenvalue weighted by atomic mass is 10.2. The molecule has 0 radical (unpaired) electrons. The highest BCUT2D eigenvalue weighted by Crippen LogP contribution is 2.59. The Morgan fingerprint density at radius 3 is 2.00 bits per heavy atom.